The highest BCUT2D eigenvalue weighted by Crippen LogP contribution is 2.33. The van der Waals surface area contributed by atoms with Crippen LogP contribution in [0.2, 0.25) is 0 Å². The molecule has 1 aromatic carbocycles. The third-order valence-corrected chi connectivity index (χ3v) is 3.33. The molecule has 0 heterocycles. The zero-order valence-corrected chi connectivity index (χ0v) is 11.7. The second kappa shape index (κ2) is 6.52. The van der Waals surface area contributed by atoms with E-state index < -0.39 is 0 Å². The Bertz CT molecular complexity index is 472. The van der Waals surface area contributed by atoms with Gasteiger partial charge in [0.05, 0.1) is 25.0 Å². The van der Waals surface area contributed by atoms with Gasteiger partial charge in [0.1, 0.15) is 5.75 Å². The van der Waals surface area contributed by atoms with Crippen molar-refractivity contribution in [2.75, 3.05) is 18.4 Å². The normalized spacial score (nSPS) is 13.7. The Balaban J connectivity index is 2.14. The van der Waals surface area contributed by atoms with Gasteiger partial charge >= 0.3 is 5.97 Å². The van der Waals surface area contributed by atoms with Crippen LogP contribution in [0.5, 0.6) is 5.75 Å². The van der Waals surface area contributed by atoms with E-state index in [0.29, 0.717) is 23.8 Å². The number of benzene rings is 1. The number of anilines is 1. The summed E-state index contributed by atoms with van der Waals surface area (Å²) in [4.78, 5) is 11.5. The maximum absolute atomic E-state index is 11.5. The van der Waals surface area contributed by atoms with Crippen molar-refractivity contribution in [2.45, 2.75) is 12.8 Å². The first kappa shape index (κ1) is 13.8. The van der Waals surface area contributed by atoms with Crippen LogP contribution in [0.3, 0.4) is 0 Å². The Labute approximate surface area is 117 Å². The van der Waals surface area contributed by atoms with E-state index in [0.717, 1.165) is 5.69 Å². The first-order valence-electron chi connectivity index (χ1n) is 6.12. The van der Waals surface area contributed by atoms with E-state index in [1.165, 1.54) is 31.9 Å². The third kappa shape index (κ3) is 3.92. The van der Waals surface area contributed by atoms with Crippen molar-refractivity contribution >= 4 is 23.6 Å². The number of esters is 1. The van der Waals surface area contributed by atoms with Crippen LogP contribution in [0.1, 0.15) is 23.2 Å². The first-order valence-corrected chi connectivity index (χ1v) is 7.00. The van der Waals surface area contributed by atoms with Crippen molar-refractivity contribution < 1.29 is 14.3 Å². The van der Waals surface area contributed by atoms with Crippen molar-refractivity contribution in [1.82, 2.24) is 0 Å². The number of nitrogens with one attached hydrogen (secondary N) is 1. The quantitative estimate of drug-likeness (QED) is 0.612. The molecule has 1 aliphatic rings. The Kier molecular flexibility index (Phi) is 4.74. The molecule has 5 heteroatoms. The minimum absolute atomic E-state index is 0.362. The van der Waals surface area contributed by atoms with Crippen molar-refractivity contribution in [3.8, 4) is 5.75 Å². The predicted octanol–water partition coefficient (Wildman–Crippen LogP) is 3.47. The van der Waals surface area contributed by atoms with Gasteiger partial charge in [0, 0.05) is 0 Å². The minimum Gasteiger partial charge on any atom is -0.491 e. The second-order valence-electron chi connectivity index (χ2n) is 4.34. The van der Waals surface area contributed by atoms with Crippen molar-refractivity contribution in [1.29, 1.82) is 0 Å². The lowest BCUT2D eigenvalue weighted by Crippen LogP contribution is -2.05. The molecular formula is C14H17NO3S. The van der Waals surface area contributed by atoms with E-state index >= 15 is 0 Å². The van der Waals surface area contributed by atoms with Crippen molar-refractivity contribution in [3.05, 3.63) is 35.7 Å². The highest BCUT2D eigenvalue weighted by molar-refractivity contribution is 8.03. The molecule has 0 saturated heterocycles. The lowest BCUT2D eigenvalue weighted by atomic mass is 10.2. The summed E-state index contributed by atoms with van der Waals surface area (Å²) in [6.07, 6.45) is 2.45. The average molecular weight is 279 g/mol. The number of carbonyl (C=O) groups excluding carboxylic acids is 1. The first-order chi connectivity index (χ1) is 9.24. The fourth-order valence-electron chi connectivity index (χ4n) is 1.57. The summed E-state index contributed by atoms with van der Waals surface area (Å²) in [6, 6.07) is 5.23. The summed E-state index contributed by atoms with van der Waals surface area (Å²) in [5.74, 6) is 0.963. The van der Waals surface area contributed by atoms with E-state index in [2.05, 4.69) is 11.3 Å². The van der Waals surface area contributed by atoms with Gasteiger partial charge < -0.3 is 14.2 Å². The fraction of sp³-hybridized carbons (Fsp3) is 0.357. The van der Waals surface area contributed by atoms with E-state index in [4.69, 9.17) is 9.47 Å². The van der Waals surface area contributed by atoms with Crippen molar-refractivity contribution in [3.63, 3.8) is 0 Å². The van der Waals surface area contributed by atoms with Gasteiger partial charge in [-0.15, -0.1) is 0 Å². The summed E-state index contributed by atoms with van der Waals surface area (Å²) in [5.41, 5.74) is 1.32. The molecule has 0 unspecified atom stereocenters. The minimum atomic E-state index is -0.362. The summed E-state index contributed by atoms with van der Waals surface area (Å²) < 4.78 is 13.6. The molecule has 0 amide bonds. The molecule has 102 valence electrons. The third-order valence-electron chi connectivity index (χ3n) is 2.83. The Morgan fingerprint density at radius 3 is 3.00 bits per heavy atom. The molecule has 0 aromatic heterocycles. The lowest BCUT2D eigenvalue weighted by Gasteiger charge is -2.12. The molecule has 1 fully saturated rings. The van der Waals surface area contributed by atoms with Crippen LogP contribution >= 0.6 is 11.9 Å². The molecule has 19 heavy (non-hydrogen) atoms. The van der Waals surface area contributed by atoms with Gasteiger partial charge in [-0.05, 0) is 54.3 Å². The molecule has 0 bridgehead atoms. The number of carbonyl (C=O) groups is 1. The van der Waals surface area contributed by atoms with Gasteiger partial charge in [-0.2, -0.15) is 0 Å². The lowest BCUT2D eigenvalue weighted by molar-refractivity contribution is 0.0600. The van der Waals surface area contributed by atoms with Gasteiger partial charge in [-0.3, -0.25) is 0 Å². The van der Waals surface area contributed by atoms with Gasteiger partial charge in [-0.1, -0.05) is 6.58 Å². The van der Waals surface area contributed by atoms with E-state index in [1.54, 1.807) is 17.5 Å². The van der Waals surface area contributed by atoms with Crippen LogP contribution in [-0.2, 0) is 4.74 Å². The molecular weight excluding hydrogens is 262 g/mol. The van der Waals surface area contributed by atoms with Crippen LogP contribution in [0.4, 0.5) is 5.69 Å². The van der Waals surface area contributed by atoms with Crippen LogP contribution in [-0.4, -0.2) is 19.7 Å². The maximum Gasteiger partial charge on any atom is 0.337 e. The molecule has 0 radical (unpaired) electrons. The maximum atomic E-state index is 11.5. The number of ether oxygens (including phenoxy) is 2. The molecule has 1 aromatic rings. The monoisotopic (exact) mass is 279 g/mol. The van der Waals surface area contributed by atoms with E-state index in [-0.39, 0.29) is 5.97 Å². The number of hydrogen-bond acceptors (Lipinski definition) is 5. The SMILES string of the molecule is C=CSNc1ccc(C(=O)OC)cc1OCC1CC1. The van der Waals surface area contributed by atoms with Crippen LogP contribution < -0.4 is 9.46 Å². The highest BCUT2D eigenvalue weighted by Gasteiger charge is 2.22. The van der Waals surface area contributed by atoms with E-state index in [9.17, 15) is 4.79 Å². The Morgan fingerprint density at radius 2 is 2.37 bits per heavy atom. The molecule has 1 aliphatic carbocycles. The standard InChI is InChI=1S/C14H17NO3S/c1-3-19-15-12-7-6-11(14(16)17-2)8-13(12)18-9-10-4-5-10/h3,6-8,10,15H,1,4-5,9H2,2H3. The molecule has 4 nitrogen and oxygen atoms in total. The second-order valence-corrected chi connectivity index (χ2v) is 5.12. The van der Waals surface area contributed by atoms with Gasteiger partial charge in [0.15, 0.2) is 0 Å². The molecule has 0 spiro atoms. The smallest absolute Gasteiger partial charge is 0.337 e. The predicted molar refractivity (Wildman–Crippen MR) is 77.4 cm³/mol. The highest BCUT2D eigenvalue weighted by atomic mass is 32.2. The topological polar surface area (TPSA) is 47.6 Å². The number of methoxy groups -OCH3 is 1. The zero-order valence-electron chi connectivity index (χ0n) is 10.8. The zero-order chi connectivity index (χ0) is 13.7. The molecule has 1 saturated carbocycles. The van der Waals surface area contributed by atoms with Crippen LogP contribution in [0.25, 0.3) is 0 Å². The summed E-state index contributed by atoms with van der Waals surface area (Å²) in [5, 5.41) is 1.69. The van der Waals surface area contributed by atoms with Crippen LogP contribution in [0, 0.1) is 5.92 Å². The molecule has 2 rings (SSSR count). The number of rotatable bonds is 7. The van der Waals surface area contributed by atoms with E-state index in [1.807, 2.05) is 6.07 Å². The average Bonchev–Trinajstić information content (AvgIpc) is 3.26. The van der Waals surface area contributed by atoms with Gasteiger partial charge in [0.25, 0.3) is 0 Å². The molecule has 0 atom stereocenters. The summed E-state index contributed by atoms with van der Waals surface area (Å²) in [6.45, 7) is 4.33. The van der Waals surface area contributed by atoms with Gasteiger partial charge in [-0.25, -0.2) is 4.79 Å². The molecule has 1 N–H and O–H groups in total. The fourth-order valence-corrected chi connectivity index (χ4v) is 1.95. The van der Waals surface area contributed by atoms with Gasteiger partial charge in [0.2, 0.25) is 0 Å². The summed E-state index contributed by atoms with van der Waals surface area (Å²) in [7, 11) is 1.37. The van der Waals surface area contributed by atoms with Crippen LogP contribution in [0.15, 0.2) is 30.2 Å². The Hall–Kier alpha value is -1.62. The number of hydrogen-bond donors (Lipinski definition) is 1. The largest absolute Gasteiger partial charge is 0.491 e. The molecule has 0 aliphatic heterocycles. The van der Waals surface area contributed by atoms with Crippen molar-refractivity contribution in [2.24, 2.45) is 5.92 Å². The Morgan fingerprint density at radius 1 is 1.58 bits per heavy atom. The summed E-state index contributed by atoms with van der Waals surface area (Å²) >= 11 is 1.36.